The quantitative estimate of drug-likeness (QED) is 0.152. The minimum atomic E-state index is -0.292. The fourth-order valence-electron chi connectivity index (χ4n) is 3.59. The van der Waals surface area contributed by atoms with E-state index >= 15 is 0 Å². The van der Waals surface area contributed by atoms with Crippen molar-refractivity contribution in [2.24, 2.45) is 5.10 Å². The molecule has 6 nitrogen and oxygen atoms in total. The average molecular weight is 664 g/mol. The molecule has 4 aromatic rings. The first-order valence-corrected chi connectivity index (χ1v) is 13.2. The SMILES string of the molecule is CC[C@@H](C)c1nc2ccc(Br)cc2c(=O)n1N=Cc1cc(I)c(OCc2ccc(F)cc2)c(OC)c1. The highest BCUT2D eigenvalue weighted by Crippen LogP contribution is 2.34. The van der Waals surface area contributed by atoms with Crippen molar-refractivity contribution < 1.29 is 13.9 Å². The molecule has 0 saturated heterocycles. The molecule has 9 heteroatoms. The van der Waals surface area contributed by atoms with Gasteiger partial charge in [-0.1, -0.05) is 41.9 Å². The number of ether oxygens (including phenoxy) is 2. The highest BCUT2D eigenvalue weighted by molar-refractivity contribution is 14.1. The molecule has 0 aliphatic rings. The van der Waals surface area contributed by atoms with E-state index in [1.165, 1.54) is 16.8 Å². The van der Waals surface area contributed by atoms with E-state index in [4.69, 9.17) is 14.5 Å². The summed E-state index contributed by atoms with van der Waals surface area (Å²) >= 11 is 5.60. The number of aromatic nitrogens is 2. The third-order valence-electron chi connectivity index (χ3n) is 5.76. The second-order valence-corrected chi connectivity index (χ2v) is 10.3. The van der Waals surface area contributed by atoms with Crippen molar-refractivity contribution in [1.29, 1.82) is 0 Å². The molecule has 36 heavy (non-hydrogen) atoms. The van der Waals surface area contributed by atoms with E-state index in [9.17, 15) is 9.18 Å². The first-order valence-electron chi connectivity index (χ1n) is 11.3. The van der Waals surface area contributed by atoms with Crippen molar-refractivity contribution in [2.75, 3.05) is 7.11 Å². The third-order valence-corrected chi connectivity index (χ3v) is 7.05. The topological polar surface area (TPSA) is 65.7 Å². The largest absolute Gasteiger partial charge is 0.493 e. The Morgan fingerprint density at radius 1 is 1.19 bits per heavy atom. The highest BCUT2D eigenvalue weighted by Gasteiger charge is 2.16. The molecule has 0 unspecified atom stereocenters. The summed E-state index contributed by atoms with van der Waals surface area (Å²) in [5, 5.41) is 5.03. The average Bonchev–Trinajstić information content (AvgIpc) is 2.87. The van der Waals surface area contributed by atoms with Crippen LogP contribution in [0.5, 0.6) is 11.5 Å². The van der Waals surface area contributed by atoms with Gasteiger partial charge in [0.25, 0.3) is 5.56 Å². The van der Waals surface area contributed by atoms with Gasteiger partial charge < -0.3 is 9.47 Å². The summed E-state index contributed by atoms with van der Waals surface area (Å²) < 4.78 is 27.7. The lowest BCUT2D eigenvalue weighted by atomic mass is 10.1. The van der Waals surface area contributed by atoms with Crippen LogP contribution < -0.4 is 15.0 Å². The van der Waals surface area contributed by atoms with E-state index < -0.39 is 0 Å². The predicted molar refractivity (Wildman–Crippen MR) is 152 cm³/mol. The fraction of sp³-hybridized carbons (Fsp3) is 0.222. The van der Waals surface area contributed by atoms with Gasteiger partial charge in [-0.2, -0.15) is 9.78 Å². The summed E-state index contributed by atoms with van der Waals surface area (Å²) in [5.41, 5.74) is 1.99. The molecule has 0 aliphatic heterocycles. The summed E-state index contributed by atoms with van der Waals surface area (Å²) in [4.78, 5) is 18.1. The number of nitrogens with zero attached hydrogens (tertiary/aromatic N) is 3. The van der Waals surface area contributed by atoms with Gasteiger partial charge in [0, 0.05) is 10.4 Å². The maximum Gasteiger partial charge on any atom is 0.282 e. The van der Waals surface area contributed by atoms with Crippen LogP contribution in [0.2, 0.25) is 0 Å². The van der Waals surface area contributed by atoms with E-state index in [1.807, 2.05) is 25.1 Å². The maximum atomic E-state index is 13.3. The Hall–Kier alpha value is -2.79. The van der Waals surface area contributed by atoms with Crippen LogP contribution in [0.15, 0.2) is 69.0 Å². The van der Waals surface area contributed by atoms with Crippen LogP contribution in [0, 0.1) is 9.39 Å². The Kier molecular flexibility index (Phi) is 8.40. The third kappa shape index (κ3) is 5.78. The van der Waals surface area contributed by atoms with Crippen LogP contribution in [0.1, 0.15) is 43.1 Å². The van der Waals surface area contributed by atoms with Gasteiger partial charge in [-0.3, -0.25) is 4.79 Å². The van der Waals surface area contributed by atoms with Crippen LogP contribution in [0.25, 0.3) is 10.9 Å². The first-order chi connectivity index (χ1) is 17.3. The molecule has 0 spiro atoms. The Morgan fingerprint density at radius 3 is 2.64 bits per heavy atom. The van der Waals surface area contributed by atoms with Crippen LogP contribution in [0.4, 0.5) is 4.39 Å². The molecule has 0 radical (unpaired) electrons. The van der Waals surface area contributed by atoms with Crippen LogP contribution in [-0.2, 0) is 6.61 Å². The van der Waals surface area contributed by atoms with Gasteiger partial charge in [0.1, 0.15) is 18.2 Å². The van der Waals surface area contributed by atoms with Crippen LogP contribution >= 0.6 is 38.5 Å². The normalized spacial score (nSPS) is 12.3. The molecule has 3 aromatic carbocycles. The molecule has 1 aromatic heterocycles. The summed E-state index contributed by atoms with van der Waals surface area (Å²) in [7, 11) is 1.56. The van der Waals surface area contributed by atoms with Crippen molar-refractivity contribution in [2.45, 2.75) is 32.8 Å². The molecular weight excluding hydrogens is 640 g/mol. The molecule has 1 atom stereocenters. The van der Waals surface area contributed by atoms with Crippen molar-refractivity contribution in [3.8, 4) is 11.5 Å². The summed E-state index contributed by atoms with van der Waals surface area (Å²) in [6.45, 7) is 4.35. The summed E-state index contributed by atoms with van der Waals surface area (Å²) in [5.74, 6) is 1.46. The molecule has 1 heterocycles. The maximum absolute atomic E-state index is 13.3. The van der Waals surface area contributed by atoms with Crippen molar-refractivity contribution in [1.82, 2.24) is 9.66 Å². The minimum Gasteiger partial charge on any atom is -0.493 e. The van der Waals surface area contributed by atoms with Crippen molar-refractivity contribution in [3.63, 3.8) is 0 Å². The Balaban J connectivity index is 1.69. The molecule has 0 fully saturated rings. The molecule has 0 aliphatic carbocycles. The summed E-state index contributed by atoms with van der Waals surface area (Å²) in [6.07, 6.45) is 2.43. The van der Waals surface area contributed by atoms with E-state index in [2.05, 4.69) is 50.5 Å². The number of hydrogen-bond acceptors (Lipinski definition) is 5. The standard InChI is InChI=1S/C27H24BrFIN3O3/c1-4-16(2)26-32-23-10-7-19(28)13-21(23)27(34)33(26)31-14-18-11-22(30)25(24(12-18)35-3)36-15-17-5-8-20(29)9-6-17/h5-14,16H,4,15H2,1-3H3/t16-/m1/s1. The highest BCUT2D eigenvalue weighted by atomic mass is 127. The van der Waals surface area contributed by atoms with E-state index in [-0.39, 0.29) is 23.9 Å². The van der Waals surface area contributed by atoms with Crippen LogP contribution in [-0.4, -0.2) is 23.0 Å². The van der Waals surface area contributed by atoms with Gasteiger partial charge in [-0.25, -0.2) is 9.37 Å². The Labute approximate surface area is 230 Å². The molecular formula is C27H24BrFIN3O3. The Bertz CT molecular complexity index is 1490. The second-order valence-electron chi connectivity index (χ2n) is 8.25. The van der Waals surface area contributed by atoms with Gasteiger partial charge in [0.2, 0.25) is 0 Å². The zero-order valence-electron chi connectivity index (χ0n) is 20.0. The predicted octanol–water partition coefficient (Wildman–Crippen LogP) is 6.89. The minimum absolute atomic E-state index is 0.0415. The smallest absolute Gasteiger partial charge is 0.282 e. The lowest BCUT2D eigenvalue weighted by molar-refractivity contribution is 0.282. The number of benzene rings is 3. The van der Waals surface area contributed by atoms with Crippen LogP contribution in [0.3, 0.4) is 0 Å². The molecule has 0 saturated carbocycles. The Morgan fingerprint density at radius 2 is 1.94 bits per heavy atom. The molecule has 0 amide bonds. The van der Waals surface area contributed by atoms with E-state index in [0.29, 0.717) is 28.2 Å². The second kappa shape index (κ2) is 11.5. The number of fused-ring (bicyclic) bond motifs is 1. The monoisotopic (exact) mass is 663 g/mol. The number of hydrogen-bond donors (Lipinski definition) is 0. The van der Waals surface area contributed by atoms with Gasteiger partial charge in [0.15, 0.2) is 11.5 Å². The molecule has 0 bridgehead atoms. The number of halogens is 3. The van der Waals surface area contributed by atoms with Crippen molar-refractivity contribution in [3.05, 3.63) is 95.8 Å². The number of methoxy groups -OCH3 is 1. The lowest BCUT2D eigenvalue weighted by Crippen LogP contribution is -2.23. The van der Waals surface area contributed by atoms with E-state index in [0.717, 1.165) is 25.6 Å². The van der Waals surface area contributed by atoms with Crippen molar-refractivity contribution >= 4 is 55.6 Å². The molecule has 4 rings (SSSR count). The van der Waals surface area contributed by atoms with E-state index in [1.54, 1.807) is 37.6 Å². The molecule has 186 valence electrons. The van der Waals surface area contributed by atoms with Gasteiger partial charge in [-0.05, 0) is 82.6 Å². The first kappa shape index (κ1) is 26.3. The van der Waals surface area contributed by atoms with Gasteiger partial charge in [0.05, 0.1) is 27.8 Å². The zero-order chi connectivity index (χ0) is 25.8. The van der Waals surface area contributed by atoms with Gasteiger partial charge in [-0.15, -0.1) is 0 Å². The summed E-state index contributed by atoms with van der Waals surface area (Å²) in [6, 6.07) is 15.3. The number of rotatable bonds is 8. The zero-order valence-corrected chi connectivity index (χ0v) is 23.7. The van der Waals surface area contributed by atoms with Gasteiger partial charge >= 0.3 is 0 Å². The lowest BCUT2D eigenvalue weighted by Gasteiger charge is -2.15. The fourth-order valence-corrected chi connectivity index (χ4v) is 4.74. The molecule has 0 N–H and O–H groups in total.